The summed E-state index contributed by atoms with van der Waals surface area (Å²) in [6.45, 7) is 0. The zero-order valence-corrected chi connectivity index (χ0v) is 14.5. The third-order valence-corrected chi connectivity index (χ3v) is 5.29. The van der Waals surface area contributed by atoms with Gasteiger partial charge >= 0.3 is 0 Å². The van der Waals surface area contributed by atoms with Crippen molar-refractivity contribution in [2.75, 3.05) is 11.1 Å². The van der Waals surface area contributed by atoms with E-state index in [0.717, 1.165) is 17.7 Å². The Morgan fingerprint density at radius 3 is 2.72 bits per heavy atom. The van der Waals surface area contributed by atoms with Gasteiger partial charge in [-0.1, -0.05) is 29.3 Å². The van der Waals surface area contributed by atoms with Crippen LogP contribution in [0.25, 0.3) is 0 Å². The number of rotatable bonds is 1. The maximum atomic E-state index is 12.6. The maximum Gasteiger partial charge on any atom is 0.258 e. The van der Waals surface area contributed by atoms with Gasteiger partial charge in [-0.05, 0) is 30.5 Å². The Bertz CT molecular complexity index is 997. The van der Waals surface area contributed by atoms with Crippen molar-refractivity contribution in [1.82, 2.24) is 9.97 Å². The lowest BCUT2D eigenvalue weighted by Gasteiger charge is -2.32. The summed E-state index contributed by atoms with van der Waals surface area (Å²) in [6, 6.07) is 5.12. The van der Waals surface area contributed by atoms with Crippen LogP contribution >= 0.6 is 23.2 Å². The molecule has 25 heavy (non-hydrogen) atoms. The quantitative estimate of drug-likeness (QED) is 0.709. The summed E-state index contributed by atoms with van der Waals surface area (Å²) in [5, 5.41) is 3.90. The molecule has 2 heterocycles. The summed E-state index contributed by atoms with van der Waals surface area (Å²) >= 11 is 12.2. The third-order valence-electron chi connectivity index (χ3n) is 4.55. The average Bonchev–Trinajstić information content (AvgIpc) is 2.55. The number of benzene rings is 1. The minimum Gasteiger partial charge on any atom is -0.369 e. The normalized spacial score (nSPS) is 19.3. The van der Waals surface area contributed by atoms with Crippen molar-refractivity contribution in [2.24, 2.45) is 0 Å². The van der Waals surface area contributed by atoms with Crippen LogP contribution < -0.4 is 16.6 Å². The summed E-state index contributed by atoms with van der Waals surface area (Å²) < 4.78 is 0. The number of nitrogen functional groups attached to an aromatic ring is 1. The van der Waals surface area contributed by atoms with Crippen molar-refractivity contribution in [3.63, 3.8) is 0 Å². The Morgan fingerprint density at radius 1 is 1.16 bits per heavy atom. The second-order valence-corrected chi connectivity index (χ2v) is 6.93. The van der Waals surface area contributed by atoms with E-state index in [4.69, 9.17) is 28.9 Å². The molecule has 0 amide bonds. The number of aromatic nitrogens is 2. The number of fused-ring (bicyclic) bond motifs is 1. The van der Waals surface area contributed by atoms with Gasteiger partial charge in [-0.15, -0.1) is 0 Å². The zero-order valence-electron chi connectivity index (χ0n) is 13.0. The number of ketones is 1. The average molecular weight is 377 g/mol. The number of Topliss-reactive ketones (excluding diaryl/α,β-unsaturated/α-hetero) is 1. The summed E-state index contributed by atoms with van der Waals surface area (Å²) in [5.41, 5.74) is 7.76. The van der Waals surface area contributed by atoms with Crippen LogP contribution in [-0.4, -0.2) is 15.8 Å². The molecule has 0 bridgehead atoms. The highest BCUT2D eigenvalue weighted by molar-refractivity contribution is 6.42. The van der Waals surface area contributed by atoms with Crippen LogP contribution in [0.1, 0.15) is 36.3 Å². The molecule has 4 N–H and O–H groups in total. The van der Waals surface area contributed by atoms with Crippen molar-refractivity contribution in [2.45, 2.75) is 25.2 Å². The first-order valence-electron chi connectivity index (χ1n) is 7.83. The Balaban J connectivity index is 2.01. The van der Waals surface area contributed by atoms with Crippen LogP contribution in [0.4, 0.5) is 11.8 Å². The molecule has 1 aliphatic carbocycles. The summed E-state index contributed by atoms with van der Waals surface area (Å²) in [7, 11) is 0. The van der Waals surface area contributed by atoms with Crippen molar-refractivity contribution in [3.8, 4) is 0 Å². The van der Waals surface area contributed by atoms with Gasteiger partial charge < -0.3 is 11.1 Å². The molecule has 128 valence electrons. The molecule has 8 heteroatoms. The standard InChI is InChI=1S/C17H14Cl2N4O2/c18-8-5-4-7(6-9(8)19)12-13-10(2-1-3-11(13)24)21-15-14(12)16(25)23-17(20)22-15/h4-6,12H,1-3H2,(H4,20,21,22,23,25). The fraction of sp³-hybridized carbons (Fsp3) is 0.235. The number of hydrogen-bond acceptors (Lipinski definition) is 5. The molecular weight excluding hydrogens is 363 g/mol. The van der Waals surface area contributed by atoms with Crippen molar-refractivity contribution in [1.29, 1.82) is 0 Å². The number of H-pyrrole nitrogens is 1. The minimum atomic E-state index is -0.550. The molecule has 0 fully saturated rings. The lowest BCUT2D eigenvalue weighted by atomic mass is 9.76. The molecule has 4 rings (SSSR count). The van der Waals surface area contributed by atoms with Gasteiger partial charge in [0.15, 0.2) is 5.78 Å². The van der Waals surface area contributed by atoms with Crippen molar-refractivity contribution >= 4 is 40.8 Å². The van der Waals surface area contributed by atoms with E-state index < -0.39 is 5.92 Å². The molecule has 0 saturated carbocycles. The van der Waals surface area contributed by atoms with Crippen LogP contribution in [0, 0.1) is 0 Å². The molecule has 0 radical (unpaired) electrons. The van der Waals surface area contributed by atoms with Crippen LogP contribution in [0.3, 0.4) is 0 Å². The number of halogens is 2. The highest BCUT2D eigenvalue weighted by Crippen LogP contribution is 2.44. The highest BCUT2D eigenvalue weighted by atomic mass is 35.5. The van der Waals surface area contributed by atoms with Gasteiger partial charge in [0, 0.05) is 23.6 Å². The number of hydrogen-bond donors (Lipinski definition) is 3. The molecule has 2 aromatic rings. The van der Waals surface area contributed by atoms with Gasteiger partial charge in [-0.2, -0.15) is 4.98 Å². The first-order valence-corrected chi connectivity index (χ1v) is 8.59. The van der Waals surface area contributed by atoms with E-state index in [1.54, 1.807) is 18.2 Å². The largest absolute Gasteiger partial charge is 0.369 e. The topological polar surface area (TPSA) is 101 Å². The Morgan fingerprint density at radius 2 is 1.96 bits per heavy atom. The maximum absolute atomic E-state index is 12.6. The van der Waals surface area contributed by atoms with Gasteiger partial charge in [0.2, 0.25) is 5.95 Å². The molecule has 6 nitrogen and oxygen atoms in total. The molecule has 1 aromatic carbocycles. The third kappa shape index (κ3) is 2.62. The minimum absolute atomic E-state index is 0.0201. The molecule has 1 unspecified atom stereocenters. The van der Waals surface area contributed by atoms with Gasteiger partial charge in [0.25, 0.3) is 5.56 Å². The fourth-order valence-electron chi connectivity index (χ4n) is 3.50. The summed E-state index contributed by atoms with van der Waals surface area (Å²) in [4.78, 5) is 32.0. The van der Waals surface area contributed by atoms with Gasteiger partial charge in [0.05, 0.1) is 15.6 Å². The second-order valence-electron chi connectivity index (χ2n) is 6.11. The van der Waals surface area contributed by atoms with Gasteiger partial charge in [0.1, 0.15) is 5.82 Å². The zero-order chi connectivity index (χ0) is 17.7. The monoisotopic (exact) mass is 376 g/mol. The van der Waals surface area contributed by atoms with E-state index in [9.17, 15) is 9.59 Å². The van der Waals surface area contributed by atoms with E-state index >= 15 is 0 Å². The van der Waals surface area contributed by atoms with Crippen LogP contribution in [0.5, 0.6) is 0 Å². The smallest absolute Gasteiger partial charge is 0.258 e. The summed E-state index contributed by atoms with van der Waals surface area (Å²) in [5.74, 6) is -0.126. The van der Waals surface area contributed by atoms with E-state index in [0.29, 0.717) is 39.8 Å². The number of nitrogens with zero attached hydrogens (tertiary/aromatic N) is 1. The molecule has 0 saturated heterocycles. The summed E-state index contributed by atoms with van der Waals surface area (Å²) in [6.07, 6.45) is 1.92. The molecule has 1 aromatic heterocycles. The van der Waals surface area contributed by atoms with Gasteiger partial charge in [-0.25, -0.2) is 0 Å². The van der Waals surface area contributed by atoms with E-state index in [2.05, 4.69) is 15.3 Å². The first kappa shape index (κ1) is 16.2. The van der Waals surface area contributed by atoms with Gasteiger partial charge in [-0.3, -0.25) is 14.6 Å². The van der Waals surface area contributed by atoms with E-state index in [-0.39, 0.29) is 17.3 Å². The van der Waals surface area contributed by atoms with E-state index in [1.165, 1.54) is 0 Å². The molecular formula is C17H14Cl2N4O2. The number of aromatic amines is 1. The van der Waals surface area contributed by atoms with Crippen molar-refractivity contribution in [3.05, 3.63) is 61.0 Å². The van der Waals surface area contributed by atoms with Crippen LogP contribution in [0.2, 0.25) is 10.0 Å². The Labute approximate surface area is 153 Å². The number of nitrogens with two attached hydrogens (primary N) is 1. The van der Waals surface area contributed by atoms with E-state index in [1.807, 2.05) is 0 Å². The first-order chi connectivity index (χ1) is 12.0. The number of carbonyl (C=O) groups is 1. The molecule has 1 atom stereocenters. The molecule has 2 aliphatic rings. The fourth-order valence-corrected chi connectivity index (χ4v) is 3.81. The Kier molecular flexibility index (Phi) is 3.81. The van der Waals surface area contributed by atoms with Crippen LogP contribution in [0.15, 0.2) is 34.3 Å². The van der Waals surface area contributed by atoms with Crippen molar-refractivity contribution < 1.29 is 4.79 Å². The SMILES string of the molecule is Nc1nc2c(c(=O)[nH]1)C(c1ccc(Cl)c(Cl)c1)C1=C(CCCC1=O)N2. The number of carbonyl (C=O) groups excluding carboxylic acids is 1. The highest BCUT2D eigenvalue weighted by Gasteiger charge is 2.37. The second kappa shape index (κ2) is 5.89. The molecule has 0 spiro atoms. The van der Waals surface area contributed by atoms with Crippen LogP contribution in [-0.2, 0) is 4.79 Å². The number of allylic oxidation sites excluding steroid dienone is 2. The number of nitrogens with one attached hydrogen (secondary N) is 2. The predicted octanol–water partition coefficient (Wildman–Crippen LogP) is 3.22. The Hall–Kier alpha value is -2.31. The predicted molar refractivity (Wildman–Crippen MR) is 97.1 cm³/mol. The lowest BCUT2D eigenvalue weighted by Crippen LogP contribution is -2.32. The lowest BCUT2D eigenvalue weighted by molar-refractivity contribution is -0.116. The number of anilines is 2. The molecule has 1 aliphatic heterocycles.